The number of anilines is 1. The second-order valence-corrected chi connectivity index (χ2v) is 8.92. The third kappa shape index (κ3) is 3.87. The number of sulfonamides is 1. The highest BCUT2D eigenvalue weighted by molar-refractivity contribution is 7.92. The first-order valence-corrected chi connectivity index (χ1v) is 10.9. The first-order chi connectivity index (χ1) is 13.8. The van der Waals surface area contributed by atoms with Crippen molar-refractivity contribution in [3.63, 3.8) is 0 Å². The molecule has 0 unspecified atom stereocenters. The first kappa shape index (κ1) is 19.2. The van der Waals surface area contributed by atoms with Crippen LogP contribution in [0.4, 0.5) is 5.82 Å². The van der Waals surface area contributed by atoms with Gasteiger partial charge in [0.05, 0.1) is 10.4 Å². The molecule has 1 N–H and O–H groups in total. The van der Waals surface area contributed by atoms with Crippen LogP contribution in [0.2, 0.25) is 0 Å². The van der Waals surface area contributed by atoms with E-state index in [9.17, 15) is 8.42 Å². The molecule has 1 aromatic heterocycles. The van der Waals surface area contributed by atoms with Crippen LogP contribution in [0.25, 0.3) is 22.0 Å². The number of aromatic nitrogens is 1. The lowest BCUT2D eigenvalue weighted by molar-refractivity contribution is 0.600. The zero-order chi connectivity index (χ0) is 20.6. The van der Waals surface area contributed by atoms with Gasteiger partial charge in [0.25, 0.3) is 10.0 Å². The number of nitrogens with one attached hydrogen (secondary N) is 1. The maximum absolute atomic E-state index is 13.0. The van der Waals surface area contributed by atoms with Gasteiger partial charge in [-0.15, -0.1) is 0 Å². The molecule has 0 atom stereocenters. The highest BCUT2D eigenvalue weighted by Crippen LogP contribution is 2.27. The van der Waals surface area contributed by atoms with Crippen LogP contribution < -0.4 is 4.72 Å². The summed E-state index contributed by atoms with van der Waals surface area (Å²) in [4.78, 5) is 4.82. The van der Waals surface area contributed by atoms with Crippen molar-refractivity contribution in [1.82, 2.24) is 4.98 Å². The summed E-state index contributed by atoms with van der Waals surface area (Å²) in [5.74, 6) is 0.310. The summed E-state index contributed by atoms with van der Waals surface area (Å²) in [6.45, 7) is 5.58. The lowest BCUT2D eigenvalue weighted by Gasteiger charge is -2.14. The zero-order valence-corrected chi connectivity index (χ0v) is 17.4. The van der Waals surface area contributed by atoms with E-state index < -0.39 is 10.0 Å². The van der Waals surface area contributed by atoms with Crippen LogP contribution in [-0.4, -0.2) is 13.4 Å². The monoisotopic (exact) mass is 402 g/mol. The van der Waals surface area contributed by atoms with Crippen LogP contribution in [0.1, 0.15) is 16.7 Å². The summed E-state index contributed by atoms with van der Waals surface area (Å²) in [5.41, 5.74) is 5.45. The normalized spacial score (nSPS) is 11.6. The van der Waals surface area contributed by atoms with Crippen molar-refractivity contribution in [3.8, 4) is 11.1 Å². The van der Waals surface area contributed by atoms with Gasteiger partial charge in [0.2, 0.25) is 0 Å². The van der Waals surface area contributed by atoms with Gasteiger partial charge in [-0.25, -0.2) is 13.4 Å². The van der Waals surface area contributed by atoms with E-state index in [0.29, 0.717) is 10.7 Å². The molecule has 0 aliphatic rings. The summed E-state index contributed by atoms with van der Waals surface area (Å²) < 4.78 is 28.6. The van der Waals surface area contributed by atoms with Crippen molar-refractivity contribution in [2.45, 2.75) is 25.7 Å². The summed E-state index contributed by atoms with van der Waals surface area (Å²) in [5, 5.41) is 0.956. The van der Waals surface area contributed by atoms with Gasteiger partial charge in [-0.1, -0.05) is 54.1 Å². The summed E-state index contributed by atoms with van der Waals surface area (Å²) in [6.07, 6.45) is 0. The largest absolute Gasteiger partial charge is 0.263 e. The summed E-state index contributed by atoms with van der Waals surface area (Å²) >= 11 is 0. The molecule has 4 nitrogen and oxygen atoms in total. The summed E-state index contributed by atoms with van der Waals surface area (Å²) in [6, 6.07) is 23.4. The number of fused-ring (bicyclic) bond motifs is 1. The van der Waals surface area contributed by atoms with Gasteiger partial charge in [0, 0.05) is 5.39 Å². The molecule has 0 saturated heterocycles. The van der Waals surface area contributed by atoms with Crippen molar-refractivity contribution in [3.05, 3.63) is 89.5 Å². The van der Waals surface area contributed by atoms with Crippen molar-refractivity contribution < 1.29 is 8.42 Å². The molecule has 0 aliphatic carbocycles. The standard InChI is InChI=1S/C24H22N2O2S/c1-16-13-17(2)24(18(3)14-16)29(27,28)26-23-12-10-21-15-20(9-11-22(21)25-23)19-7-5-4-6-8-19/h4-15H,1-3H3,(H,25,26). The number of aryl methyl sites for hydroxylation is 3. The number of pyridine rings is 1. The van der Waals surface area contributed by atoms with Crippen LogP contribution >= 0.6 is 0 Å². The number of hydrogen-bond donors (Lipinski definition) is 1. The highest BCUT2D eigenvalue weighted by atomic mass is 32.2. The van der Waals surface area contributed by atoms with Gasteiger partial charge in [0.1, 0.15) is 5.82 Å². The van der Waals surface area contributed by atoms with Crippen LogP contribution in [0.3, 0.4) is 0 Å². The predicted molar refractivity (Wildman–Crippen MR) is 119 cm³/mol. The minimum atomic E-state index is -3.72. The van der Waals surface area contributed by atoms with Crippen molar-refractivity contribution in [1.29, 1.82) is 0 Å². The van der Waals surface area contributed by atoms with Crippen molar-refractivity contribution >= 4 is 26.7 Å². The van der Waals surface area contributed by atoms with Gasteiger partial charge in [-0.3, -0.25) is 4.72 Å². The van der Waals surface area contributed by atoms with Gasteiger partial charge in [-0.2, -0.15) is 0 Å². The quantitative estimate of drug-likeness (QED) is 0.481. The van der Waals surface area contributed by atoms with E-state index in [1.54, 1.807) is 6.07 Å². The second-order valence-electron chi connectivity index (χ2n) is 7.30. The lowest BCUT2D eigenvalue weighted by atomic mass is 10.0. The maximum Gasteiger partial charge on any atom is 0.263 e. The highest BCUT2D eigenvalue weighted by Gasteiger charge is 2.20. The average Bonchev–Trinajstić information content (AvgIpc) is 2.67. The minimum absolute atomic E-state index is 0.310. The third-order valence-electron chi connectivity index (χ3n) is 4.91. The van der Waals surface area contributed by atoms with Crippen molar-refractivity contribution in [2.24, 2.45) is 0 Å². The molecule has 0 fully saturated rings. The van der Waals surface area contributed by atoms with E-state index in [1.165, 1.54) is 0 Å². The van der Waals surface area contributed by atoms with Gasteiger partial charge < -0.3 is 0 Å². The van der Waals surface area contributed by atoms with E-state index in [-0.39, 0.29) is 0 Å². The van der Waals surface area contributed by atoms with Crippen LogP contribution in [-0.2, 0) is 10.0 Å². The number of hydrogen-bond acceptors (Lipinski definition) is 3. The Morgan fingerprint density at radius 3 is 2.14 bits per heavy atom. The molecule has 0 bridgehead atoms. The molecule has 0 saturated carbocycles. The maximum atomic E-state index is 13.0. The fourth-order valence-corrected chi connectivity index (χ4v) is 5.23. The Hall–Kier alpha value is -3.18. The number of rotatable bonds is 4. The molecule has 3 aromatic carbocycles. The van der Waals surface area contributed by atoms with E-state index >= 15 is 0 Å². The molecule has 1 heterocycles. The van der Waals surface area contributed by atoms with Gasteiger partial charge in [-0.05, 0) is 67.3 Å². The van der Waals surface area contributed by atoms with Crippen molar-refractivity contribution in [2.75, 3.05) is 4.72 Å². The molecule has 4 rings (SSSR count). The Morgan fingerprint density at radius 1 is 0.759 bits per heavy atom. The van der Waals surface area contributed by atoms with Gasteiger partial charge in [0.15, 0.2) is 0 Å². The molecular weight excluding hydrogens is 380 g/mol. The molecular formula is C24H22N2O2S. The fourth-order valence-electron chi connectivity index (χ4n) is 3.77. The Morgan fingerprint density at radius 2 is 1.45 bits per heavy atom. The number of nitrogens with zero attached hydrogens (tertiary/aromatic N) is 1. The molecule has 0 radical (unpaired) electrons. The van der Waals surface area contributed by atoms with E-state index in [2.05, 4.69) is 27.9 Å². The van der Waals surface area contributed by atoms with Crippen LogP contribution in [0.5, 0.6) is 0 Å². The molecule has 0 aliphatic heterocycles. The average molecular weight is 403 g/mol. The molecule has 0 spiro atoms. The Bertz CT molecular complexity index is 1290. The van der Waals surface area contributed by atoms with Crippen LogP contribution in [0.15, 0.2) is 77.7 Å². The zero-order valence-electron chi connectivity index (χ0n) is 16.6. The SMILES string of the molecule is Cc1cc(C)c(S(=O)(=O)Nc2ccc3cc(-c4ccccc4)ccc3n2)c(C)c1. The molecule has 146 valence electrons. The predicted octanol–water partition coefficient (Wildman–Crippen LogP) is 5.63. The Balaban J connectivity index is 1.68. The minimum Gasteiger partial charge on any atom is -0.263 e. The third-order valence-corrected chi connectivity index (χ3v) is 6.57. The molecule has 29 heavy (non-hydrogen) atoms. The lowest BCUT2D eigenvalue weighted by Crippen LogP contribution is -2.16. The van der Waals surface area contributed by atoms with E-state index in [1.807, 2.05) is 69.3 Å². The van der Waals surface area contributed by atoms with Gasteiger partial charge >= 0.3 is 0 Å². The smallest absolute Gasteiger partial charge is 0.263 e. The molecule has 4 aromatic rings. The molecule has 0 amide bonds. The Labute approximate surface area is 171 Å². The Kier molecular flexibility index (Phi) is 4.84. The van der Waals surface area contributed by atoms with E-state index in [4.69, 9.17) is 0 Å². The summed E-state index contributed by atoms with van der Waals surface area (Å²) in [7, 11) is -3.72. The second kappa shape index (κ2) is 7.33. The topological polar surface area (TPSA) is 59.1 Å². The fraction of sp³-hybridized carbons (Fsp3) is 0.125. The first-order valence-electron chi connectivity index (χ1n) is 9.40. The number of benzene rings is 3. The van der Waals surface area contributed by atoms with E-state index in [0.717, 1.165) is 38.7 Å². The molecule has 5 heteroatoms. The van der Waals surface area contributed by atoms with Crippen LogP contribution in [0, 0.1) is 20.8 Å².